The average molecular weight is 396 g/mol. The molecule has 0 aliphatic carbocycles. The monoisotopic (exact) mass is 396 g/mol. The number of carbonyl (C=O) groups is 1. The molecule has 0 radical (unpaired) electrons. The molecule has 0 atom stereocenters. The highest BCUT2D eigenvalue weighted by atomic mass is 19.4. The van der Waals surface area contributed by atoms with Crippen LogP contribution in [-0.2, 0) is 17.5 Å². The van der Waals surface area contributed by atoms with Crippen molar-refractivity contribution in [1.29, 1.82) is 5.26 Å². The lowest BCUT2D eigenvalue weighted by Crippen LogP contribution is -2.14. The molecule has 0 saturated carbocycles. The number of hydrogen-bond donors (Lipinski definition) is 1. The molecule has 2 aromatic carbocycles. The van der Waals surface area contributed by atoms with Gasteiger partial charge in [-0.25, -0.2) is 0 Å². The van der Waals surface area contributed by atoms with Crippen molar-refractivity contribution < 1.29 is 18.0 Å². The number of carbonyl (C=O) groups excluding carboxylic acids is 1. The summed E-state index contributed by atoms with van der Waals surface area (Å²) in [6, 6.07) is 15.6. The molecule has 0 spiro atoms. The molecule has 0 aliphatic heterocycles. The normalized spacial score (nSPS) is 11.7. The number of nitrogens with zero attached hydrogens (tertiary/aromatic N) is 3. The lowest BCUT2D eigenvalue weighted by molar-refractivity contribution is -0.137. The van der Waals surface area contributed by atoms with Crippen LogP contribution in [0.5, 0.6) is 0 Å². The highest BCUT2D eigenvalue weighted by molar-refractivity contribution is 6.09. The minimum absolute atomic E-state index is 0.0502. The first-order chi connectivity index (χ1) is 13.8. The fourth-order valence-corrected chi connectivity index (χ4v) is 2.60. The third-order valence-corrected chi connectivity index (χ3v) is 3.96. The van der Waals surface area contributed by atoms with E-state index in [2.05, 4.69) is 10.4 Å². The van der Waals surface area contributed by atoms with Crippen molar-refractivity contribution in [3.05, 3.63) is 89.3 Å². The molecule has 3 aromatic rings. The van der Waals surface area contributed by atoms with Crippen LogP contribution < -0.4 is 5.32 Å². The van der Waals surface area contributed by atoms with Gasteiger partial charge in [-0.1, -0.05) is 36.4 Å². The van der Waals surface area contributed by atoms with E-state index in [1.165, 1.54) is 24.4 Å². The SMILES string of the molecule is N#C/C(=C\c1cnn(Cc2ccccc2)c1)C(=O)Nc1cccc(C(F)(F)F)c1. The molecule has 0 saturated heterocycles. The zero-order valence-electron chi connectivity index (χ0n) is 15.0. The van der Waals surface area contributed by atoms with Gasteiger partial charge in [0, 0.05) is 17.4 Å². The largest absolute Gasteiger partial charge is 0.416 e. The molecule has 0 aliphatic rings. The van der Waals surface area contributed by atoms with E-state index >= 15 is 0 Å². The molecule has 0 fully saturated rings. The smallest absolute Gasteiger partial charge is 0.321 e. The Labute approximate surface area is 164 Å². The van der Waals surface area contributed by atoms with Crippen LogP contribution in [0.25, 0.3) is 6.08 Å². The second kappa shape index (κ2) is 8.44. The summed E-state index contributed by atoms with van der Waals surface area (Å²) >= 11 is 0. The van der Waals surface area contributed by atoms with Gasteiger partial charge < -0.3 is 5.32 Å². The van der Waals surface area contributed by atoms with Crippen LogP contribution in [0.15, 0.2) is 72.6 Å². The Kier molecular flexibility index (Phi) is 5.79. The minimum atomic E-state index is -4.53. The maximum absolute atomic E-state index is 12.8. The predicted molar refractivity (Wildman–Crippen MR) is 101 cm³/mol. The average Bonchev–Trinajstić information content (AvgIpc) is 3.13. The first kappa shape index (κ1) is 19.9. The van der Waals surface area contributed by atoms with Gasteiger partial charge in [-0.3, -0.25) is 9.48 Å². The van der Waals surface area contributed by atoms with Gasteiger partial charge in [-0.05, 0) is 29.8 Å². The minimum Gasteiger partial charge on any atom is -0.321 e. The maximum Gasteiger partial charge on any atom is 0.416 e. The highest BCUT2D eigenvalue weighted by Gasteiger charge is 2.30. The van der Waals surface area contributed by atoms with Crippen molar-refractivity contribution >= 4 is 17.7 Å². The number of alkyl halides is 3. The zero-order valence-corrected chi connectivity index (χ0v) is 15.0. The second-order valence-electron chi connectivity index (χ2n) is 6.16. The van der Waals surface area contributed by atoms with Gasteiger partial charge in [0.25, 0.3) is 5.91 Å². The number of nitrogens with one attached hydrogen (secondary N) is 1. The quantitative estimate of drug-likeness (QED) is 0.510. The van der Waals surface area contributed by atoms with E-state index in [9.17, 15) is 23.2 Å². The number of hydrogen-bond acceptors (Lipinski definition) is 3. The van der Waals surface area contributed by atoms with E-state index in [-0.39, 0.29) is 11.3 Å². The number of amides is 1. The maximum atomic E-state index is 12.8. The van der Waals surface area contributed by atoms with Crippen molar-refractivity contribution in [2.45, 2.75) is 12.7 Å². The standard InChI is InChI=1S/C21H15F3N4O/c22-21(23,24)18-7-4-8-19(10-18)27-20(29)17(11-25)9-16-12-26-28(14-16)13-15-5-2-1-3-6-15/h1-10,12,14H,13H2,(H,27,29)/b17-9+. The van der Waals surface area contributed by atoms with Crippen LogP contribution in [0.1, 0.15) is 16.7 Å². The molecule has 1 amide bonds. The van der Waals surface area contributed by atoms with E-state index in [1.807, 2.05) is 30.3 Å². The Hall–Kier alpha value is -3.86. The van der Waals surface area contributed by atoms with Crippen LogP contribution in [0.2, 0.25) is 0 Å². The van der Waals surface area contributed by atoms with Crippen LogP contribution in [0, 0.1) is 11.3 Å². The number of aromatic nitrogens is 2. The lowest BCUT2D eigenvalue weighted by atomic mass is 10.1. The van der Waals surface area contributed by atoms with Crippen LogP contribution in [-0.4, -0.2) is 15.7 Å². The van der Waals surface area contributed by atoms with E-state index in [0.29, 0.717) is 12.1 Å². The van der Waals surface area contributed by atoms with Gasteiger partial charge in [0.15, 0.2) is 0 Å². The van der Waals surface area contributed by atoms with Crippen LogP contribution in [0.4, 0.5) is 18.9 Å². The summed E-state index contributed by atoms with van der Waals surface area (Å²) in [6.45, 7) is 0.521. The van der Waals surface area contributed by atoms with Gasteiger partial charge in [0.05, 0.1) is 18.3 Å². The third-order valence-electron chi connectivity index (χ3n) is 3.96. The molecule has 146 valence electrons. The van der Waals surface area contributed by atoms with Gasteiger partial charge in [-0.15, -0.1) is 0 Å². The molecule has 1 N–H and O–H groups in total. The molecular weight excluding hydrogens is 381 g/mol. The Balaban J connectivity index is 1.73. The Bertz CT molecular complexity index is 1080. The summed E-state index contributed by atoms with van der Waals surface area (Å²) in [7, 11) is 0. The first-order valence-corrected chi connectivity index (χ1v) is 8.52. The Morgan fingerprint density at radius 3 is 2.62 bits per heavy atom. The highest BCUT2D eigenvalue weighted by Crippen LogP contribution is 2.30. The van der Waals surface area contributed by atoms with Crippen molar-refractivity contribution in [2.24, 2.45) is 0 Å². The predicted octanol–water partition coefficient (Wildman–Crippen LogP) is 4.50. The number of anilines is 1. The molecule has 0 unspecified atom stereocenters. The number of halogens is 3. The fourth-order valence-electron chi connectivity index (χ4n) is 2.60. The number of benzene rings is 2. The van der Waals surface area contributed by atoms with Crippen molar-refractivity contribution in [2.75, 3.05) is 5.32 Å². The van der Waals surface area contributed by atoms with Crippen molar-refractivity contribution in [1.82, 2.24) is 9.78 Å². The van der Waals surface area contributed by atoms with Gasteiger partial charge in [-0.2, -0.15) is 23.5 Å². The van der Waals surface area contributed by atoms with Crippen LogP contribution >= 0.6 is 0 Å². The summed E-state index contributed by atoms with van der Waals surface area (Å²) in [5.74, 6) is -0.803. The van der Waals surface area contributed by atoms with Gasteiger partial charge in [0.2, 0.25) is 0 Å². The summed E-state index contributed by atoms with van der Waals surface area (Å²) in [6.07, 6.45) is -0.0286. The zero-order chi connectivity index (χ0) is 20.9. The summed E-state index contributed by atoms with van der Waals surface area (Å²) in [5.41, 5.74) is 0.373. The molecule has 5 nitrogen and oxygen atoms in total. The summed E-state index contributed by atoms with van der Waals surface area (Å²) in [4.78, 5) is 12.3. The van der Waals surface area contributed by atoms with E-state index < -0.39 is 17.6 Å². The molecule has 29 heavy (non-hydrogen) atoms. The van der Waals surface area contributed by atoms with Gasteiger partial charge >= 0.3 is 6.18 Å². The first-order valence-electron chi connectivity index (χ1n) is 8.52. The molecule has 8 heteroatoms. The van der Waals surface area contributed by atoms with E-state index in [0.717, 1.165) is 17.7 Å². The van der Waals surface area contributed by atoms with Crippen molar-refractivity contribution in [3.63, 3.8) is 0 Å². The molecular formula is C21H15F3N4O. The molecule has 0 bridgehead atoms. The van der Waals surface area contributed by atoms with Crippen molar-refractivity contribution in [3.8, 4) is 6.07 Å². The fraction of sp³-hybridized carbons (Fsp3) is 0.0952. The Morgan fingerprint density at radius 1 is 1.17 bits per heavy atom. The second-order valence-corrected chi connectivity index (χ2v) is 6.16. The molecule has 3 rings (SSSR count). The number of rotatable bonds is 5. The van der Waals surface area contributed by atoms with E-state index in [4.69, 9.17) is 0 Å². The molecule has 1 aromatic heterocycles. The Morgan fingerprint density at radius 2 is 1.93 bits per heavy atom. The summed E-state index contributed by atoms with van der Waals surface area (Å²) in [5, 5.41) is 15.8. The third kappa shape index (κ3) is 5.32. The van der Waals surface area contributed by atoms with Gasteiger partial charge in [0.1, 0.15) is 11.6 Å². The number of nitriles is 1. The molecule has 1 heterocycles. The summed E-state index contributed by atoms with van der Waals surface area (Å²) < 4.78 is 40.0. The lowest BCUT2D eigenvalue weighted by Gasteiger charge is -2.09. The van der Waals surface area contributed by atoms with E-state index in [1.54, 1.807) is 16.9 Å². The topological polar surface area (TPSA) is 70.7 Å². The van der Waals surface area contributed by atoms with Crippen LogP contribution in [0.3, 0.4) is 0 Å².